The molecule has 138 valence electrons. The molecule has 2 fully saturated rings. The van der Waals surface area contributed by atoms with Crippen LogP contribution in [0.15, 0.2) is 29.1 Å². The molecule has 1 aliphatic carbocycles. The number of H-pyrrole nitrogens is 1. The van der Waals surface area contributed by atoms with Crippen molar-refractivity contribution in [2.75, 3.05) is 13.1 Å². The third kappa shape index (κ3) is 3.35. The number of fused-ring (bicyclic) bond motifs is 1. The largest absolute Gasteiger partial charge is 0.325 e. The molecule has 2 amide bonds. The highest BCUT2D eigenvalue weighted by atomic mass is 16.2. The average Bonchev–Trinajstić information content (AvgIpc) is 3.33. The summed E-state index contributed by atoms with van der Waals surface area (Å²) in [5.74, 6) is 0. The van der Waals surface area contributed by atoms with Crippen LogP contribution in [-0.4, -0.2) is 39.9 Å². The van der Waals surface area contributed by atoms with Crippen molar-refractivity contribution in [3.05, 3.63) is 45.7 Å². The van der Waals surface area contributed by atoms with Crippen LogP contribution < -0.4 is 5.56 Å². The molecule has 0 unspecified atom stereocenters. The summed E-state index contributed by atoms with van der Waals surface area (Å²) in [6.07, 6.45) is 6.60. The fraction of sp³-hybridized carbons (Fsp3) is 0.524. The normalized spacial score (nSPS) is 18.0. The zero-order chi connectivity index (χ0) is 18.1. The van der Waals surface area contributed by atoms with Crippen molar-refractivity contribution in [1.82, 2.24) is 14.8 Å². The first-order chi connectivity index (χ1) is 12.6. The lowest BCUT2D eigenvalue weighted by Gasteiger charge is -2.32. The summed E-state index contributed by atoms with van der Waals surface area (Å²) in [7, 11) is 0. The van der Waals surface area contributed by atoms with Crippen molar-refractivity contribution in [2.45, 2.75) is 58.0 Å². The molecule has 2 aliphatic rings. The number of amides is 2. The maximum Gasteiger partial charge on any atom is 0.320 e. The molecule has 1 aromatic carbocycles. The van der Waals surface area contributed by atoms with Crippen molar-refractivity contribution in [1.29, 1.82) is 0 Å². The second kappa shape index (κ2) is 7.14. The summed E-state index contributed by atoms with van der Waals surface area (Å²) in [6, 6.07) is 8.35. The van der Waals surface area contributed by atoms with Crippen LogP contribution in [0, 0.1) is 6.92 Å². The molecule has 1 aliphatic heterocycles. The van der Waals surface area contributed by atoms with Crippen LogP contribution in [0.1, 0.15) is 49.7 Å². The maximum atomic E-state index is 13.1. The highest BCUT2D eigenvalue weighted by molar-refractivity contribution is 5.80. The second-order valence-corrected chi connectivity index (χ2v) is 7.76. The minimum atomic E-state index is -0.0847. The smallest absolute Gasteiger partial charge is 0.320 e. The van der Waals surface area contributed by atoms with Crippen LogP contribution in [-0.2, 0) is 6.54 Å². The Kier molecular flexibility index (Phi) is 4.70. The topological polar surface area (TPSA) is 56.4 Å². The van der Waals surface area contributed by atoms with Crippen LogP contribution in [0.25, 0.3) is 10.9 Å². The third-order valence-corrected chi connectivity index (χ3v) is 5.81. The first-order valence-electron chi connectivity index (χ1n) is 9.80. The van der Waals surface area contributed by atoms with Crippen LogP contribution in [0.3, 0.4) is 0 Å². The molecule has 1 saturated carbocycles. The Morgan fingerprint density at radius 1 is 1.15 bits per heavy atom. The molecule has 4 rings (SSSR count). The van der Waals surface area contributed by atoms with E-state index in [1.807, 2.05) is 34.9 Å². The first kappa shape index (κ1) is 17.1. The van der Waals surface area contributed by atoms with Crippen molar-refractivity contribution in [3.63, 3.8) is 0 Å². The van der Waals surface area contributed by atoms with Gasteiger partial charge in [-0.15, -0.1) is 0 Å². The van der Waals surface area contributed by atoms with Gasteiger partial charge in [-0.25, -0.2) is 4.79 Å². The molecule has 0 radical (unpaired) electrons. The van der Waals surface area contributed by atoms with Gasteiger partial charge in [0.05, 0.1) is 6.54 Å². The Hall–Kier alpha value is -2.30. The monoisotopic (exact) mass is 353 g/mol. The molecule has 0 spiro atoms. The average molecular weight is 353 g/mol. The van der Waals surface area contributed by atoms with Gasteiger partial charge in [-0.05, 0) is 56.2 Å². The fourth-order valence-electron chi connectivity index (χ4n) is 4.33. The van der Waals surface area contributed by atoms with Crippen LogP contribution in [0.5, 0.6) is 0 Å². The molecular weight excluding hydrogens is 326 g/mol. The molecule has 0 bridgehead atoms. The molecule has 5 heteroatoms. The molecule has 0 atom stereocenters. The SMILES string of the molecule is Cc1ccc2[nH]c(=O)c(CN(C(=O)N3CCCC3)C3CCCC3)cc2c1. The summed E-state index contributed by atoms with van der Waals surface area (Å²) >= 11 is 0. The Bertz CT molecular complexity index is 861. The van der Waals surface area contributed by atoms with Gasteiger partial charge in [-0.3, -0.25) is 4.79 Å². The Morgan fingerprint density at radius 2 is 1.88 bits per heavy atom. The van der Waals surface area contributed by atoms with Crippen molar-refractivity contribution >= 4 is 16.9 Å². The molecule has 1 aromatic heterocycles. The van der Waals surface area contributed by atoms with E-state index in [1.165, 1.54) is 12.8 Å². The number of likely N-dealkylation sites (tertiary alicyclic amines) is 1. The zero-order valence-corrected chi connectivity index (χ0v) is 15.5. The lowest BCUT2D eigenvalue weighted by Crippen LogP contribution is -2.46. The van der Waals surface area contributed by atoms with Crippen molar-refractivity contribution in [2.24, 2.45) is 0 Å². The zero-order valence-electron chi connectivity index (χ0n) is 15.5. The predicted octanol–water partition coefficient (Wildman–Crippen LogP) is 3.80. The third-order valence-electron chi connectivity index (χ3n) is 5.81. The quantitative estimate of drug-likeness (QED) is 0.912. The lowest BCUT2D eigenvalue weighted by atomic mass is 10.1. The van der Waals surface area contributed by atoms with Gasteiger partial charge in [-0.2, -0.15) is 0 Å². The van der Waals surface area contributed by atoms with E-state index in [9.17, 15) is 9.59 Å². The van der Waals surface area contributed by atoms with Crippen molar-refractivity contribution in [3.8, 4) is 0 Å². The number of benzene rings is 1. The molecule has 1 saturated heterocycles. The molecule has 2 aromatic rings. The van der Waals surface area contributed by atoms with E-state index < -0.39 is 0 Å². The lowest BCUT2D eigenvalue weighted by molar-refractivity contribution is 0.138. The molecular formula is C21H27N3O2. The Morgan fingerprint density at radius 3 is 2.62 bits per heavy atom. The van der Waals surface area contributed by atoms with Gasteiger partial charge in [0.2, 0.25) is 0 Å². The van der Waals surface area contributed by atoms with Crippen LogP contribution in [0.4, 0.5) is 4.79 Å². The standard InChI is InChI=1S/C21H27N3O2/c1-15-8-9-19-16(12-15)13-17(20(25)22-19)14-24(18-6-2-3-7-18)21(26)23-10-4-5-11-23/h8-9,12-13,18H,2-7,10-11,14H2,1H3,(H,22,25). The minimum absolute atomic E-state index is 0.0847. The number of aryl methyl sites for hydroxylation is 1. The summed E-state index contributed by atoms with van der Waals surface area (Å²) in [4.78, 5) is 32.6. The number of nitrogens with zero attached hydrogens (tertiary/aromatic N) is 2. The van der Waals surface area contributed by atoms with Gasteiger partial charge in [0.25, 0.3) is 5.56 Å². The second-order valence-electron chi connectivity index (χ2n) is 7.76. The summed E-state index contributed by atoms with van der Waals surface area (Å²) in [6.45, 7) is 4.13. The van der Waals surface area contributed by atoms with Gasteiger partial charge < -0.3 is 14.8 Å². The number of aromatic amines is 1. The number of nitrogens with one attached hydrogen (secondary N) is 1. The highest BCUT2D eigenvalue weighted by Crippen LogP contribution is 2.27. The van der Waals surface area contributed by atoms with E-state index in [0.717, 1.165) is 55.2 Å². The number of rotatable bonds is 3. The number of carbonyl (C=O) groups is 1. The van der Waals surface area contributed by atoms with E-state index in [2.05, 4.69) is 11.1 Å². The van der Waals surface area contributed by atoms with Crippen LogP contribution >= 0.6 is 0 Å². The Labute approximate surface area is 154 Å². The summed E-state index contributed by atoms with van der Waals surface area (Å²) < 4.78 is 0. The van der Waals surface area contributed by atoms with Gasteiger partial charge >= 0.3 is 6.03 Å². The number of urea groups is 1. The molecule has 1 N–H and O–H groups in total. The van der Waals surface area contributed by atoms with Gasteiger partial charge in [0.15, 0.2) is 0 Å². The van der Waals surface area contributed by atoms with Gasteiger partial charge in [0.1, 0.15) is 0 Å². The number of carbonyl (C=O) groups excluding carboxylic acids is 1. The fourth-order valence-corrected chi connectivity index (χ4v) is 4.33. The van der Waals surface area contributed by atoms with E-state index >= 15 is 0 Å². The van der Waals surface area contributed by atoms with E-state index in [1.54, 1.807) is 0 Å². The van der Waals surface area contributed by atoms with E-state index in [0.29, 0.717) is 12.1 Å². The Balaban J connectivity index is 1.66. The van der Waals surface area contributed by atoms with Gasteiger partial charge in [0, 0.05) is 30.2 Å². The summed E-state index contributed by atoms with van der Waals surface area (Å²) in [5, 5.41) is 1.03. The number of hydrogen-bond donors (Lipinski definition) is 1. The van der Waals surface area contributed by atoms with E-state index in [-0.39, 0.29) is 17.6 Å². The molecule has 2 heterocycles. The maximum absolute atomic E-state index is 13.1. The van der Waals surface area contributed by atoms with Crippen molar-refractivity contribution < 1.29 is 4.79 Å². The highest BCUT2D eigenvalue weighted by Gasteiger charge is 2.31. The number of hydrogen-bond acceptors (Lipinski definition) is 2. The van der Waals surface area contributed by atoms with Gasteiger partial charge in [-0.1, -0.05) is 24.5 Å². The summed E-state index contributed by atoms with van der Waals surface area (Å²) in [5.41, 5.74) is 2.61. The molecule has 5 nitrogen and oxygen atoms in total. The number of pyridine rings is 1. The molecule has 26 heavy (non-hydrogen) atoms. The predicted molar refractivity (Wildman–Crippen MR) is 103 cm³/mol. The first-order valence-corrected chi connectivity index (χ1v) is 9.80. The number of aromatic nitrogens is 1. The van der Waals surface area contributed by atoms with Crippen LogP contribution in [0.2, 0.25) is 0 Å². The van der Waals surface area contributed by atoms with E-state index in [4.69, 9.17) is 0 Å². The minimum Gasteiger partial charge on any atom is -0.325 e.